The van der Waals surface area contributed by atoms with Crippen molar-refractivity contribution in [3.8, 4) is 0 Å². The highest BCUT2D eigenvalue weighted by atomic mass is 35.5. The lowest BCUT2D eigenvalue weighted by Gasteiger charge is -2.34. The number of anilines is 1. The summed E-state index contributed by atoms with van der Waals surface area (Å²) in [5.41, 5.74) is 2.52. The minimum Gasteiger partial charge on any atom is -0.354 e. The number of amides is 2. The molecule has 0 aliphatic heterocycles. The molecule has 0 spiro atoms. The van der Waals surface area contributed by atoms with Crippen LogP contribution < -0.4 is 9.62 Å². The van der Waals surface area contributed by atoms with Crippen LogP contribution in [0.4, 0.5) is 5.69 Å². The van der Waals surface area contributed by atoms with Gasteiger partial charge in [-0.25, -0.2) is 8.42 Å². The van der Waals surface area contributed by atoms with Crippen molar-refractivity contribution in [1.82, 2.24) is 10.2 Å². The molecule has 1 N–H and O–H groups in total. The molecule has 3 aromatic carbocycles. The van der Waals surface area contributed by atoms with Crippen LogP contribution in [-0.2, 0) is 32.6 Å². The zero-order valence-corrected chi connectivity index (χ0v) is 26.1. The molecule has 0 radical (unpaired) electrons. The molecule has 3 rings (SSSR count). The quantitative estimate of drug-likeness (QED) is 0.253. The highest BCUT2D eigenvalue weighted by Gasteiger charge is 2.34. The number of carbonyl (C=O) groups excluding carboxylic acids is 2. The predicted octanol–water partition coefficient (Wildman–Crippen LogP) is 6.05. The number of sulfonamides is 1. The number of hydrogen-bond acceptors (Lipinski definition) is 4. The van der Waals surface area contributed by atoms with E-state index in [-0.39, 0.29) is 24.8 Å². The van der Waals surface area contributed by atoms with E-state index in [0.717, 1.165) is 21.7 Å². The minimum atomic E-state index is -3.88. The summed E-state index contributed by atoms with van der Waals surface area (Å²) in [4.78, 5) is 29.2. The Kier molecular flexibility index (Phi) is 11.6. The predicted molar refractivity (Wildman–Crippen MR) is 167 cm³/mol. The molecule has 7 nitrogen and oxygen atoms in total. The highest BCUT2D eigenvalue weighted by Crippen LogP contribution is 2.31. The second-order valence-electron chi connectivity index (χ2n) is 10.2. The number of para-hydroxylation sites is 1. The average molecular weight is 619 g/mol. The van der Waals surface area contributed by atoms with Crippen LogP contribution in [0.2, 0.25) is 10.0 Å². The van der Waals surface area contributed by atoms with Crippen LogP contribution >= 0.6 is 23.2 Å². The third kappa shape index (κ3) is 8.71. The Morgan fingerprint density at radius 1 is 0.902 bits per heavy atom. The zero-order valence-electron chi connectivity index (χ0n) is 23.8. The first kappa shape index (κ1) is 32.4. The molecular formula is C31H37Cl2N3O4S. The molecule has 0 bridgehead atoms. The molecule has 0 saturated carbocycles. The topological polar surface area (TPSA) is 86.8 Å². The fourth-order valence-corrected chi connectivity index (χ4v) is 5.96. The summed E-state index contributed by atoms with van der Waals surface area (Å²) >= 11 is 13.0. The van der Waals surface area contributed by atoms with E-state index in [1.807, 2.05) is 63.2 Å². The molecule has 220 valence electrons. The molecule has 1 atom stereocenters. The van der Waals surface area contributed by atoms with E-state index in [1.165, 1.54) is 4.90 Å². The lowest BCUT2D eigenvalue weighted by molar-refractivity contribution is -0.140. The average Bonchev–Trinajstić information content (AvgIpc) is 2.93. The standard InChI is InChI=1S/C31H37Cl2N3O4S/c1-5-18-34-31(38)29(19-23-12-7-6-8-13-23)35(20-25-26(32)15-11-16-27(25)33)30(37)21-36(41(4,39)40)28-17-10-9-14-24(28)22(2)3/h6-17,22,29H,5,18-21H2,1-4H3,(H,34,38)/t29-/m1/s1. The van der Waals surface area contributed by atoms with E-state index in [2.05, 4.69) is 5.32 Å². The maximum Gasteiger partial charge on any atom is 0.244 e. The maximum absolute atomic E-state index is 14.2. The summed E-state index contributed by atoms with van der Waals surface area (Å²) in [6.07, 6.45) is 2.00. The summed E-state index contributed by atoms with van der Waals surface area (Å²) in [5, 5.41) is 3.59. The first-order valence-corrected chi connectivity index (χ1v) is 16.1. The molecule has 0 aromatic heterocycles. The van der Waals surface area contributed by atoms with E-state index in [9.17, 15) is 18.0 Å². The lowest BCUT2D eigenvalue weighted by atomic mass is 10.0. The fraction of sp³-hybridized carbons (Fsp3) is 0.355. The van der Waals surface area contributed by atoms with Gasteiger partial charge in [0.05, 0.1) is 11.9 Å². The van der Waals surface area contributed by atoms with Gasteiger partial charge in [0.15, 0.2) is 0 Å². The molecule has 0 fully saturated rings. The number of carbonyl (C=O) groups is 2. The van der Waals surface area contributed by atoms with Crippen LogP contribution in [-0.4, -0.2) is 50.5 Å². The van der Waals surface area contributed by atoms with Crippen LogP contribution in [0, 0.1) is 0 Å². The Morgan fingerprint density at radius 2 is 1.51 bits per heavy atom. The Labute approximate surface area is 253 Å². The minimum absolute atomic E-state index is 0.00855. The maximum atomic E-state index is 14.2. The van der Waals surface area contributed by atoms with E-state index >= 15 is 0 Å². The van der Waals surface area contributed by atoms with Gasteiger partial charge in [-0.1, -0.05) is 98.6 Å². The van der Waals surface area contributed by atoms with Crippen molar-refractivity contribution in [3.05, 3.63) is 99.5 Å². The number of halogens is 2. The molecule has 0 aliphatic rings. The van der Waals surface area contributed by atoms with Crippen LogP contribution in [0.5, 0.6) is 0 Å². The van der Waals surface area contributed by atoms with Gasteiger partial charge in [0.25, 0.3) is 0 Å². The molecule has 0 aliphatic carbocycles. The second kappa shape index (κ2) is 14.7. The molecule has 0 unspecified atom stereocenters. The van der Waals surface area contributed by atoms with E-state index in [1.54, 1.807) is 30.3 Å². The smallest absolute Gasteiger partial charge is 0.244 e. The van der Waals surface area contributed by atoms with Gasteiger partial charge in [0.2, 0.25) is 21.8 Å². The number of hydrogen-bond donors (Lipinski definition) is 1. The summed E-state index contributed by atoms with van der Waals surface area (Å²) in [6, 6.07) is 20.5. The Balaban J connectivity index is 2.13. The summed E-state index contributed by atoms with van der Waals surface area (Å²) < 4.78 is 27.3. The largest absolute Gasteiger partial charge is 0.354 e. The fourth-order valence-electron chi connectivity index (χ4n) is 4.57. The van der Waals surface area contributed by atoms with Crippen LogP contribution in [0.1, 0.15) is 49.8 Å². The van der Waals surface area contributed by atoms with Gasteiger partial charge >= 0.3 is 0 Å². The highest BCUT2D eigenvalue weighted by molar-refractivity contribution is 7.92. The third-order valence-electron chi connectivity index (χ3n) is 6.72. The number of nitrogens with one attached hydrogen (secondary N) is 1. The van der Waals surface area contributed by atoms with Crippen molar-refractivity contribution >= 4 is 50.7 Å². The number of benzene rings is 3. The van der Waals surface area contributed by atoms with Crippen molar-refractivity contribution in [3.63, 3.8) is 0 Å². The third-order valence-corrected chi connectivity index (χ3v) is 8.55. The monoisotopic (exact) mass is 617 g/mol. The molecule has 2 amide bonds. The Hall–Kier alpha value is -3.07. The normalized spacial score (nSPS) is 12.2. The molecular weight excluding hydrogens is 581 g/mol. The van der Waals surface area contributed by atoms with Crippen LogP contribution in [0.15, 0.2) is 72.8 Å². The van der Waals surface area contributed by atoms with Gasteiger partial charge in [-0.05, 0) is 41.7 Å². The second-order valence-corrected chi connectivity index (χ2v) is 12.9. The van der Waals surface area contributed by atoms with Crippen molar-refractivity contribution in [2.75, 3.05) is 23.7 Å². The van der Waals surface area contributed by atoms with Gasteiger partial charge in [-0.15, -0.1) is 0 Å². The van der Waals surface area contributed by atoms with Gasteiger partial charge in [-0.2, -0.15) is 0 Å². The van der Waals surface area contributed by atoms with Gasteiger partial charge in [0.1, 0.15) is 12.6 Å². The molecule has 41 heavy (non-hydrogen) atoms. The lowest BCUT2D eigenvalue weighted by Crippen LogP contribution is -2.53. The van der Waals surface area contributed by atoms with E-state index < -0.39 is 28.5 Å². The Morgan fingerprint density at radius 3 is 2.10 bits per heavy atom. The summed E-state index contributed by atoms with van der Waals surface area (Å²) in [5.74, 6) is -0.896. The number of rotatable bonds is 13. The number of nitrogens with zero attached hydrogens (tertiary/aromatic N) is 2. The summed E-state index contributed by atoms with van der Waals surface area (Å²) in [6.45, 7) is 5.70. The van der Waals surface area contributed by atoms with E-state index in [0.29, 0.717) is 34.3 Å². The molecule has 10 heteroatoms. The van der Waals surface area contributed by atoms with Crippen LogP contribution in [0.3, 0.4) is 0 Å². The summed E-state index contributed by atoms with van der Waals surface area (Å²) in [7, 11) is -3.88. The van der Waals surface area contributed by atoms with Crippen molar-refractivity contribution in [2.24, 2.45) is 0 Å². The van der Waals surface area contributed by atoms with E-state index in [4.69, 9.17) is 23.2 Å². The first-order valence-electron chi connectivity index (χ1n) is 13.5. The Bertz CT molecular complexity index is 1430. The van der Waals surface area contributed by atoms with Gasteiger partial charge < -0.3 is 10.2 Å². The van der Waals surface area contributed by atoms with Crippen molar-refractivity contribution < 1.29 is 18.0 Å². The molecule has 0 heterocycles. The van der Waals surface area contributed by atoms with Crippen molar-refractivity contribution in [2.45, 2.75) is 52.1 Å². The van der Waals surface area contributed by atoms with Crippen LogP contribution in [0.25, 0.3) is 0 Å². The molecule has 0 saturated heterocycles. The van der Waals surface area contributed by atoms with Gasteiger partial charge in [0, 0.05) is 35.1 Å². The first-order chi connectivity index (χ1) is 19.4. The van der Waals surface area contributed by atoms with Gasteiger partial charge in [-0.3, -0.25) is 13.9 Å². The SMILES string of the molecule is CCCNC(=O)[C@@H](Cc1ccccc1)N(Cc1c(Cl)cccc1Cl)C(=O)CN(c1ccccc1C(C)C)S(C)(=O)=O. The van der Waals surface area contributed by atoms with Crippen molar-refractivity contribution in [1.29, 1.82) is 0 Å². The zero-order chi connectivity index (χ0) is 30.2. The molecule has 3 aromatic rings.